The molecule has 0 aliphatic heterocycles. The molecule has 0 aromatic carbocycles. The van der Waals surface area contributed by atoms with Crippen molar-refractivity contribution in [3.8, 4) is 0 Å². The predicted molar refractivity (Wildman–Crippen MR) is 131 cm³/mol. The van der Waals surface area contributed by atoms with Crippen LogP contribution in [0.3, 0.4) is 0 Å². The van der Waals surface area contributed by atoms with Crippen LogP contribution in [0.5, 0.6) is 0 Å². The minimum Gasteiger partial charge on any atom is -0.389 e. The van der Waals surface area contributed by atoms with Crippen LogP contribution >= 0.6 is 0 Å². The average Bonchev–Trinajstić information content (AvgIpc) is 3.10. The standard InChI is InChI=1S/C29H48O3/c1-7-29(32,18(2)3)15-10-19(4)22-8-9-23-21-17-26(31)25-16-20(30)11-13-28(25,6)24(21)12-14-27(22,23)5/h7,16,18-24,26,30-32H,1,8-15,17H2,2-6H3. The summed E-state index contributed by atoms with van der Waals surface area (Å²) in [5.41, 5.74) is 0.781. The Labute approximate surface area is 196 Å². The van der Waals surface area contributed by atoms with Crippen molar-refractivity contribution in [1.82, 2.24) is 0 Å². The van der Waals surface area contributed by atoms with E-state index in [1.54, 1.807) is 6.08 Å². The van der Waals surface area contributed by atoms with E-state index in [2.05, 4.69) is 41.2 Å². The van der Waals surface area contributed by atoms with E-state index in [1.807, 2.05) is 6.08 Å². The van der Waals surface area contributed by atoms with Crippen LogP contribution in [0, 0.1) is 46.3 Å². The molecule has 4 rings (SSSR count). The molecule has 4 aliphatic rings. The van der Waals surface area contributed by atoms with Crippen molar-refractivity contribution in [3.63, 3.8) is 0 Å². The van der Waals surface area contributed by atoms with Crippen LogP contribution in [-0.2, 0) is 0 Å². The Morgan fingerprint density at radius 3 is 2.47 bits per heavy atom. The normalized spacial score (nSPS) is 46.5. The van der Waals surface area contributed by atoms with E-state index in [0.717, 1.165) is 37.7 Å². The second kappa shape index (κ2) is 8.54. The molecule has 10 unspecified atom stereocenters. The van der Waals surface area contributed by atoms with Crippen molar-refractivity contribution in [2.75, 3.05) is 0 Å². The van der Waals surface area contributed by atoms with E-state index >= 15 is 0 Å². The lowest BCUT2D eigenvalue weighted by molar-refractivity contribution is -0.0882. The second-order valence-electron chi connectivity index (χ2n) is 12.9. The van der Waals surface area contributed by atoms with Crippen LogP contribution in [0.4, 0.5) is 0 Å². The Bertz CT molecular complexity index is 743. The number of aliphatic hydroxyl groups excluding tert-OH is 2. The number of hydrogen-bond donors (Lipinski definition) is 3. The Hall–Kier alpha value is -0.640. The lowest BCUT2D eigenvalue weighted by Gasteiger charge is -2.60. The summed E-state index contributed by atoms with van der Waals surface area (Å²) in [6.07, 6.45) is 12.7. The molecule has 3 N–H and O–H groups in total. The van der Waals surface area contributed by atoms with Gasteiger partial charge in [-0.15, -0.1) is 6.58 Å². The highest BCUT2D eigenvalue weighted by atomic mass is 16.3. The molecule has 32 heavy (non-hydrogen) atoms. The highest BCUT2D eigenvalue weighted by Crippen LogP contribution is 2.67. The van der Waals surface area contributed by atoms with Crippen LogP contribution in [0.2, 0.25) is 0 Å². The largest absolute Gasteiger partial charge is 0.389 e. The van der Waals surface area contributed by atoms with Gasteiger partial charge in [0.05, 0.1) is 17.8 Å². The highest BCUT2D eigenvalue weighted by molar-refractivity contribution is 5.29. The summed E-state index contributed by atoms with van der Waals surface area (Å²) in [5.74, 6) is 3.41. The molecule has 3 saturated carbocycles. The van der Waals surface area contributed by atoms with Crippen molar-refractivity contribution >= 4 is 0 Å². The number of aliphatic hydroxyl groups is 3. The van der Waals surface area contributed by atoms with Crippen molar-refractivity contribution in [2.45, 2.75) is 110 Å². The van der Waals surface area contributed by atoms with Gasteiger partial charge in [-0.3, -0.25) is 0 Å². The molecule has 0 aromatic heterocycles. The van der Waals surface area contributed by atoms with Gasteiger partial charge in [0, 0.05) is 0 Å². The monoisotopic (exact) mass is 444 g/mol. The molecule has 4 aliphatic carbocycles. The third-order valence-electron chi connectivity index (χ3n) is 11.2. The van der Waals surface area contributed by atoms with Gasteiger partial charge in [-0.2, -0.15) is 0 Å². The number of fused-ring (bicyclic) bond motifs is 5. The first kappa shape index (κ1) is 24.5. The Balaban J connectivity index is 1.51. The fourth-order valence-electron chi connectivity index (χ4n) is 9.02. The van der Waals surface area contributed by atoms with Gasteiger partial charge < -0.3 is 15.3 Å². The second-order valence-corrected chi connectivity index (χ2v) is 12.9. The zero-order valence-electron chi connectivity index (χ0n) is 21.2. The molecule has 0 radical (unpaired) electrons. The van der Waals surface area contributed by atoms with Crippen LogP contribution in [0.1, 0.15) is 92.4 Å². The fraction of sp³-hybridized carbons (Fsp3) is 0.862. The van der Waals surface area contributed by atoms with E-state index in [0.29, 0.717) is 35.0 Å². The Kier molecular flexibility index (Phi) is 6.53. The Morgan fingerprint density at radius 2 is 1.81 bits per heavy atom. The van der Waals surface area contributed by atoms with Crippen molar-refractivity contribution in [1.29, 1.82) is 0 Å². The van der Waals surface area contributed by atoms with Gasteiger partial charge in [-0.1, -0.05) is 46.8 Å². The van der Waals surface area contributed by atoms with E-state index in [1.165, 1.54) is 25.7 Å². The molecule has 10 atom stereocenters. The topological polar surface area (TPSA) is 60.7 Å². The van der Waals surface area contributed by atoms with Crippen LogP contribution in [-0.4, -0.2) is 33.1 Å². The predicted octanol–water partition coefficient (Wildman–Crippen LogP) is 5.89. The summed E-state index contributed by atoms with van der Waals surface area (Å²) >= 11 is 0. The van der Waals surface area contributed by atoms with Crippen molar-refractivity contribution in [3.05, 3.63) is 24.3 Å². The first-order chi connectivity index (χ1) is 15.0. The minimum absolute atomic E-state index is 0.0598. The van der Waals surface area contributed by atoms with Crippen LogP contribution in [0.25, 0.3) is 0 Å². The SMILES string of the molecule is C=CC(O)(CCC(C)C1CCC2C3CC(O)C4=CC(O)CCC4(C)C3CCC12C)C(C)C. The quantitative estimate of drug-likeness (QED) is 0.448. The zero-order chi connectivity index (χ0) is 23.5. The average molecular weight is 445 g/mol. The van der Waals surface area contributed by atoms with Gasteiger partial charge >= 0.3 is 0 Å². The molecular weight excluding hydrogens is 396 g/mol. The molecule has 3 fully saturated rings. The lowest BCUT2D eigenvalue weighted by atomic mass is 9.46. The maximum Gasteiger partial charge on any atom is 0.0847 e. The minimum atomic E-state index is -0.763. The first-order valence-electron chi connectivity index (χ1n) is 13.4. The molecular formula is C29H48O3. The third-order valence-corrected chi connectivity index (χ3v) is 11.2. The van der Waals surface area contributed by atoms with Crippen LogP contribution < -0.4 is 0 Å². The summed E-state index contributed by atoms with van der Waals surface area (Å²) in [5, 5.41) is 32.3. The van der Waals surface area contributed by atoms with Crippen LogP contribution in [0.15, 0.2) is 24.3 Å². The molecule has 0 amide bonds. The molecule has 3 nitrogen and oxygen atoms in total. The van der Waals surface area contributed by atoms with E-state index in [-0.39, 0.29) is 23.5 Å². The summed E-state index contributed by atoms with van der Waals surface area (Å²) in [7, 11) is 0. The van der Waals surface area contributed by atoms with Crippen molar-refractivity contribution < 1.29 is 15.3 Å². The summed E-state index contributed by atoms with van der Waals surface area (Å²) in [6, 6.07) is 0. The number of hydrogen-bond acceptors (Lipinski definition) is 3. The fourth-order valence-corrected chi connectivity index (χ4v) is 9.02. The van der Waals surface area contributed by atoms with E-state index in [4.69, 9.17) is 0 Å². The van der Waals surface area contributed by atoms with E-state index < -0.39 is 5.60 Å². The van der Waals surface area contributed by atoms with Gasteiger partial charge in [0.2, 0.25) is 0 Å². The molecule has 0 spiro atoms. The zero-order valence-corrected chi connectivity index (χ0v) is 21.2. The maximum atomic E-state index is 11.1. The summed E-state index contributed by atoms with van der Waals surface area (Å²) in [6.45, 7) is 15.4. The molecule has 182 valence electrons. The highest BCUT2D eigenvalue weighted by Gasteiger charge is 2.60. The van der Waals surface area contributed by atoms with Gasteiger partial charge in [-0.05, 0) is 110 Å². The molecule has 0 aromatic rings. The third kappa shape index (κ3) is 3.75. The van der Waals surface area contributed by atoms with Gasteiger partial charge in [-0.25, -0.2) is 0 Å². The van der Waals surface area contributed by atoms with Gasteiger partial charge in [0.25, 0.3) is 0 Å². The Morgan fingerprint density at radius 1 is 1.09 bits per heavy atom. The molecule has 0 saturated heterocycles. The lowest BCUT2D eigenvalue weighted by Crippen LogP contribution is -2.54. The van der Waals surface area contributed by atoms with E-state index in [9.17, 15) is 15.3 Å². The number of rotatable bonds is 6. The summed E-state index contributed by atoms with van der Waals surface area (Å²) < 4.78 is 0. The summed E-state index contributed by atoms with van der Waals surface area (Å²) in [4.78, 5) is 0. The molecule has 0 bridgehead atoms. The van der Waals surface area contributed by atoms with Gasteiger partial charge in [0.15, 0.2) is 0 Å². The van der Waals surface area contributed by atoms with Gasteiger partial charge in [0.1, 0.15) is 0 Å². The van der Waals surface area contributed by atoms with Crippen molar-refractivity contribution in [2.24, 2.45) is 46.3 Å². The maximum absolute atomic E-state index is 11.1. The smallest absolute Gasteiger partial charge is 0.0847 e. The molecule has 3 heteroatoms. The first-order valence-corrected chi connectivity index (χ1v) is 13.4. The molecule has 0 heterocycles.